The summed E-state index contributed by atoms with van der Waals surface area (Å²) in [6.07, 6.45) is 2.22. The molecular weight excluding hydrogens is 266 g/mol. The van der Waals surface area contributed by atoms with Gasteiger partial charge in [0.1, 0.15) is 0 Å². The third kappa shape index (κ3) is 3.33. The fourth-order valence-corrected chi connectivity index (χ4v) is 3.19. The summed E-state index contributed by atoms with van der Waals surface area (Å²) in [6, 6.07) is 6.70. The van der Waals surface area contributed by atoms with Crippen molar-refractivity contribution in [1.29, 1.82) is 0 Å². The first-order chi connectivity index (χ1) is 10.3. The van der Waals surface area contributed by atoms with Gasteiger partial charge in [0.15, 0.2) is 11.5 Å². The van der Waals surface area contributed by atoms with Crippen LogP contribution in [0.25, 0.3) is 0 Å². The lowest BCUT2D eigenvalue weighted by Crippen LogP contribution is -2.30. The molecule has 0 bridgehead atoms. The summed E-state index contributed by atoms with van der Waals surface area (Å²) in [5.41, 5.74) is 1.28. The van der Waals surface area contributed by atoms with Gasteiger partial charge < -0.3 is 19.5 Å². The van der Waals surface area contributed by atoms with Gasteiger partial charge >= 0.3 is 0 Å². The minimum atomic E-state index is 0.350. The van der Waals surface area contributed by atoms with Gasteiger partial charge in [-0.3, -0.25) is 0 Å². The van der Waals surface area contributed by atoms with Crippen molar-refractivity contribution in [3.63, 3.8) is 0 Å². The molecule has 0 aromatic heterocycles. The second-order valence-corrected chi connectivity index (χ2v) is 6.15. The van der Waals surface area contributed by atoms with E-state index in [2.05, 4.69) is 24.4 Å². The highest BCUT2D eigenvalue weighted by molar-refractivity contribution is 5.44. The fourth-order valence-electron chi connectivity index (χ4n) is 3.19. The molecule has 1 saturated heterocycles. The molecule has 3 rings (SSSR count). The molecule has 2 aliphatic rings. The maximum absolute atomic E-state index is 5.91. The van der Waals surface area contributed by atoms with Gasteiger partial charge in [-0.15, -0.1) is 0 Å². The standard InChI is InChI=1S/C17H25NO3/c1-12-10-20-15-4-3-14(9-16(15)21-11-12)17(18-2)13-5-7-19-8-6-13/h3-4,9,12-13,17-18H,5-8,10-11H2,1-2H3. The van der Waals surface area contributed by atoms with Crippen molar-refractivity contribution >= 4 is 0 Å². The SMILES string of the molecule is CNC(c1ccc2c(c1)OCC(C)CO2)C1CCOCC1. The van der Waals surface area contributed by atoms with E-state index in [0.29, 0.717) is 17.9 Å². The zero-order valence-electron chi connectivity index (χ0n) is 12.9. The molecule has 0 spiro atoms. The number of fused-ring (bicyclic) bond motifs is 1. The van der Waals surface area contributed by atoms with Gasteiger partial charge in [-0.2, -0.15) is 0 Å². The Hall–Kier alpha value is -1.26. The van der Waals surface area contributed by atoms with Crippen LogP contribution in [0.5, 0.6) is 11.5 Å². The van der Waals surface area contributed by atoms with Crippen LogP contribution in [0, 0.1) is 11.8 Å². The lowest BCUT2D eigenvalue weighted by Gasteiger charge is -2.30. The van der Waals surface area contributed by atoms with Crippen LogP contribution >= 0.6 is 0 Å². The summed E-state index contributed by atoms with van der Waals surface area (Å²) in [5, 5.41) is 3.47. The Kier molecular flexibility index (Phi) is 4.66. The quantitative estimate of drug-likeness (QED) is 0.929. The summed E-state index contributed by atoms with van der Waals surface area (Å²) < 4.78 is 17.2. The Morgan fingerprint density at radius 3 is 2.52 bits per heavy atom. The van der Waals surface area contributed by atoms with Crippen molar-refractivity contribution in [2.75, 3.05) is 33.5 Å². The van der Waals surface area contributed by atoms with Gasteiger partial charge in [0, 0.05) is 25.2 Å². The van der Waals surface area contributed by atoms with Crippen molar-refractivity contribution in [1.82, 2.24) is 5.32 Å². The molecule has 2 heterocycles. The van der Waals surface area contributed by atoms with Crippen molar-refractivity contribution in [3.8, 4) is 11.5 Å². The molecule has 2 unspecified atom stereocenters. The maximum Gasteiger partial charge on any atom is 0.161 e. The Balaban J connectivity index is 1.81. The summed E-state index contributed by atoms with van der Waals surface area (Å²) in [7, 11) is 2.03. The highest BCUT2D eigenvalue weighted by Gasteiger charge is 2.25. The van der Waals surface area contributed by atoms with Crippen molar-refractivity contribution in [2.24, 2.45) is 11.8 Å². The van der Waals surface area contributed by atoms with Crippen LogP contribution in [0.1, 0.15) is 31.4 Å². The highest BCUT2D eigenvalue weighted by Crippen LogP contribution is 2.36. The van der Waals surface area contributed by atoms with Gasteiger partial charge in [0.05, 0.1) is 13.2 Å². The lowest BCUT2D eigenvalue weighted by molar-refractivity contribution is 0.0546. The van der Waals surface area contributed by atoms with Gasteiger partial charge in [-0.1, -0.05) is 13.0 Å². The molecule has 1 aromatic rings. The van der Waals surface area contributed by atoms with Crippen molar-refractivity contribution < 1.29 is 14.2 Å². The molecule has 21 heavy (non-hydrogen) atoms. The smallest absolute Gasteiger partial charge is 0.161 e. The van der Waals surface area contributed by atoms with Crippen molar-refractivity contribution in [2.45, 2.75) is 25.8 Å². The second kappa shape index (κ2) is 6.67. The van der Waals surface area contributed by atoms with Crippen LogP contribution in [-0.4, -0.2) is 33.5 Å². The Morgan fingerprint density at radius 1 is 1.10 bits per heavy atom. The molecule has 116 valence electrons. The highest BCUT2D eigenvalue weighted by atomic mass is 16.5. The van der Waals surface area contributed by atoms with Crippen LogP contribution < -0.4 is 14.8 Å². The molecule has 0 amide bonds. The average Bonchev–Trinajstić information content (AvgIpc) is 2.71. The van der Waals surface area contributed by atoms with E-state index in [-0.39, 0.29) is 0 Å². The number of hydrogen-bond acceptors (Lipinski definition) is 4. The van der Waals surface area contributed by atoms with E-state index < -0.39 is 0 Å². The monoisotopic (exact) mass is 291 g/mol. The fraction of sp³-hybridized carbons (Fsp3) is 0.647. The molecule has 1 N–H and O–H groups in total. The first-order valence-electron chi connectivity index (χ1n) is 7.92. The third-order valence-corrected chi connectivity index (χ3v) is 4.42. The molecule has 4 heteroatoms. The topological polar surface area (TPSA) is 39.7 Å². The Labute approximate surface area is 126 Å². The second-order valence-electron chi connectivity index (χ2n) is 6.15. The van der Waals surface area contributed by atoms with Crippen LogP contribution in [0.4, 0.5) is 0 Å². The number of ether oxygens (including phenoxy) is 3. The van der Waals surface area contributed by atoms with E-state index in [9.17, 15) is 0 Å². The van der Waals surface area contributed by atoms with Crippen molar-refractivity contribution in [3.05, 3.63) is 23.8 Å². The molecule has 0 aliphatic carbocycles. The number of benzene rings is 1. The molecule has 0 saturated carbocycles. The molecule has 2 aliphatic heterocycles. The molecule has 1 aromatic carbocycles. The Morgan fingerprint density at radius 2 is 1.81 bits per heavy atom. The summed E-state index contributed by atoms with van der Waals surface area (Å²) >= 11 is 0. The zero-order chi connectivity index (χ0) is 14.7. The number of rotatable bonds is 3. The average molecular weight is 291 g/mol. The molecule has 0 radical (unpaired) electrons. The minimum absolute atomic E-state index is 0.350. The first kappa shape index (κ1) is 14.7. The first-order valence-corrected chi connectivity index (χ1v) is 7.92. The zero-order valence-corrected chi connectivity index (χ0v) is 12.9. The normalized spacial score (nSPS) is 24.4. The third-order valence-electron chi connectivity index (χ3n) is 4.42. The van der Waals surface area contributed by atoms with E-state index in [0.717, 1.165) is 50.8 Å². The molecule has 4 nitrogen and oxygen atoms in total. The molecular formula is C17H25NO3. The van der Waals surface area contributed by atoms with Gasteiger partial charge in [0.2, 0.25) is 0 Å². The van der Waals surface area contributed by atoms with E-state index in [4.69, 9.17) is 14.2 Å². The number of nitrogens with one attached hydrogen (secondary N) is 1. The summed E-state index contributed by atoms with van der Waals surface area (Å²) in [6.45, 7) is 5.32. The predicted octanol–water partition coefficient (Wildman–Crippen LogP) is 2.78. The van der Waals surface area contributed by atoms with E-state index in [1.807, 2.05) is 13.1 Å². The van der Waals surface area contributed by atoms with Gasteiger partial charge in [-0.05, 0) is 43.5 Å². The van der Waals surface area contributed by atoms with Crippen LogP contribution in [0.3, 0.4) is 0 Å². The van der Waals surface area contributed by atoms with E-state index >= 15 is 0 Å². The van der Waals surface area contributed by atoms with E-state index in [1.165, 1.54) is 5.56 Å². The Bertz CT molecular complexity index is 471. The number of hydrogen-bond donors (Lipinski definition) is 1. The molecule has 1 fully saturated rings. The largest absolute Gasteiger partial charge is 0.489 e. The molecule has 2 atom stereocenters. The van der Waals surface area contributed by atoms with Crippen LogP contribution in [-0.2, 0) is 4.74 Å². The van der Waals surface area contributed by atoms with Gasteiger partial charge in [0.25, 0.3) is 0 Å². The van der Waals surface area contributed by atoms with Crippen LogP contribution in [0.15, 0.2) is 18.2 Å². The maximum atomic E-state index is 5.91. The van der Waals surface area contributed by atoms with Gasteiger partial charge in [-0.25, -0.2) is 0 Å². The van der Waals surface area contributed by atoms with E-state index in [1.54, 1.807) is 0 Å². The minimum Gasteiger partial charge on any atom is -0.489 e. The summed E-state index contributed by atoms with van der Waals surface area (Å²) in [5.74, 6) is 2.79. The lowest BCUT2D eigenvalue weighted by atomic mass is 9.87. The van der Waals surface area contributed by atoms with Crippen LogP contribution in [0.2, 0.25) is 0 Å². The predicted molar refractivity (Wildman–Crippen MR) is 81.9 cm³/mol. The summed E-state index contributed by atoms with van der Waals surface area (Å²) in [4.78, 5) is 0.